The smallest absolute Gasteiger partial charge is 0.416 e. The Kier molecular flexibility index (Phi) is 24.0. The van der Waals surface area contributed by atoms with Crippen molar-refractivity contribution in [2.75, 3.05) is 64.0 Å². The number of aliphatic hydroxyl groups excluding tert-OH is 7. The molecule has 4 aromatic rings. The van der Waals surface area contributed by atoms with Gasteiger partial charge in [0.15, 0.2) is 47.7 Å². The average molecular weight is 1440 g/mol. The predicted octanol–water partition coefficient (Wildman–Crippen LogP) is 1.83. The van der Waals surface area contributed by atoms with Crippen LogP contribution in [0.5, 0.6) is 34.5 Å². The van der Waals surface area contributed by atoms with E-state index in [4.69, 9.17) is 58.5 Å². The van der Waals surface area contributed by atoms with Crippen LogP contribution in [0.1, 0.15) is 105 Å². The van der Waals surface area contributed by atoms with Gasteiger partial charge in [0, 0.05) is 44.6 Å². The van der Waals surface area contributed by atoms with Crippen LogP contribution < -0.4 is 48.9 Å². The highest BCUT2D eigenvalue weighted by atomic mass is 16.7. The fourth-order valence-corrected chi connectivity index (χ4v) is 12.4. The number of nitrogens with zero attached hydrogens (tertiary/aromatic N) is 4. The average Bonchev–Trinajstić information content (AvgIpc) is 1.62. The normalized spacial score (nSPS) is 24.8. The Bertz CT molecular complexity index is 4010. The van der Waals surface area contributed by atoms with Crippen LogP contribution in [0, 0.1) is 12.3 Å². The maximum absolute atomic E-state index is 14.5. The number of amides is 6. The molecule has 13 atom stereocenters. The number of terminal acetylenes is 1. The van der Waals surface area contributed by atoms with Gasteiger partial charge in [0.05, 0.1) is 92.4 Å². The minimum Gasteiger partial charge on any atom is -0.493 e. The number of hydrogen-bond donors (Lipinski definition) is 11. The van der Waals surface area contributed by atoms with Crippen molar-refractivity contribution in [3.05, 3.63) is 118 Å². The Morgan fingerprint density at radius 1 is 0.573 bits per heavy atom. The molecule has 2 fully saturated rings. The fourth-order valence-electron chi connectivity index (χ4n) is 12.4. The number of carboxylic acid groups (broad SMARTS) is 2. The van der Waals surface area contributed by atoms with E-state index < -0.39 is 141 Å². The molecule has 11 N–H and O–H groups in total. The number of benzene rings is 4. The van der Waals surface area contributed by atoms with Crippen LogP contribution in [0.15, 0.2) is 84.2 Å². The summed E-state index contributed by atoms with van der Waals surface area (Å²) in [6, 6.07) is 11.4. The second-order valence-electron chi connectivity index (χ2n) is 24.8. The third kappa shape index (κ3) is 16.3. The van der Waals surface area contributed by atoms with Gasteiger partial charge in [-0.2, -0.15) is 0 Å². The molecule has 4 aromatic carbocycles. The molecule has 34 nitrogen and oxygen atoms in total. The number of aliphatic carboxylic acids is 2. The SMILES string of the molecule is C#CCNC(=O)c1cc(COC(=O)N2c3cc(OCCCCCOc4cc5c(cc4OC)C(=O)N4C=C(C)CC4C(O)N5C(=O)OCc4ccc(O[C@H]5C[C@@H](O)[C@H](O)[C@@H](C(=O)O)O5)c(C(=O)NCCOC)c4)c(OC)cc3C(=O)N3C=C(C)C[C@H]3C2O)ccc1O[C@@H]1O[C@H](C(=O)O)[C@@H](O)C(O)[C@H]1O. The van der Waals surface area contributed by atoms with E-state index in [9.17, 15) is 84.3 Å². The molecule has 6 amide bonds. The molecule has 0 bridgehead atoms. The molecular weight excluding hydrogens is 1360 g/mol. The predicted molar refractivity (Wildman–Crippen MR) is 352 cm³/mol. The number of aliphatic hydroxyl groups is 7. The first-order chi connectivity index (χ1) is 49.3. The highest BCUT2D eigenvalue weighted by molar-refractivity contribution is 6.08. The maximum atomic E-state index is 14.5. The van der Waals surface area contributed by atoms with Crippen LogP contribution in [0.2, 0.25) is 0 Å². The molecule has 0 aromatic heterocycles. The summed E-state index contributed by atoms with van der Waals surface area (Å²) in [7, 11) is 4.13. The number of ether oxygens (including phenoxy) is 11. The van der Waals surface area contributed by atoms with Crippen molar-refractivity contribution in [2.45, 2.75) is 145 Å². The summed E-state index contributed by atoms with van der Waals surface area (Å²) in [5.41, 5.74) is 1.11. The van der Waals surface area contributed by atoms with Crippen molar-refractivity contribution in [1.29, 1.82) is 0 Å². The standard InChI is InChI=1S/C69H78N6O28/c1-7-15-70-59(81)40-23-36(12-14-47(40)101-67-56(80)54(78)55(79)58(103-67)66(89)90)32-99-69(92)75-42-27-51(49(95-6)25-38(42)62(84)73-30-34(3)21-44(73)64(75)86)97-18-10-8-9-17-96-50-26-41-37(24-48(50)94-5)61(83)72-29-33(2)20-43(72)63(85)74(41)68(91)98-31-35-11-13-46(39(22-35)60(82)71-16-19-93-4)100-52-28-45(76)53(77)57(102-52)65(87)88/h1,11-14,22-27,29-30,43-45,52-58,63-64,67,76-80,85-86H,8-10,15-21,28,31-32H2,2-6H3,(H,70,81)(H,71,82)(H,87,88)(H,89,90)/t43?,44-,45+,52+,53-,54?,55-,56+,57-,58-,63?,64?,67+/m0/s1. The summed E-state index contributed by atoms with van der Waals surface area (Å²) >= 11 is 0. The van der Waals surface area contributed by atoms with Crippen LogP contribution in [-0.2, 0) is 46.5 Å². The molecule has 103 heavy (non-hydrogen) atoms. The van der Waals surface area contributed by atoms with E-state index in [-0.39, 0.29) is 131 Å². The van der Waals surface area contributed by atoms with Gasteiger partial charge in [-0.05, 0) is 93.5 Å². The number of nitrogens with one attached hydrogen (secondary N) is 2. The molecule has 6 aliphatic rings. The molecule has 10 rings (SSSR count). The summed E-state index contributed by atoms with van der Waals surface area (Å²) in [6.45, 7) is 2.42. The zero-order chi connectivity index (χ0) is 74.2. The van der Waals surface area contributed by atoms with Crippen LogP contribution >= 0.6 is 0 Å². The highest BCUT2D eigenvalue weighted by Gasteiger charge is 2.50. The number of methoxy groups -OCH3 is 3. The number of hydrogen-bond acceptors (Lipinski definition) is 26. The van der Waals surface area contributed by atoms with E-state index in [2.05, 4.69) is 16.6 Å². The minimum absolute atomic E-state index is 0.0328. The minimum atomic E-state index is -2.03. The van der Waals surface area contributed by atoms with Crippen LogP contribution in [0.25, 0.3) is 0 Å². The molecule has 0 spiro atoms. The molecule has 6 heterocycles. The molecule has 34 heteroatoms. The highest BCUT2D eigenvalue weighted by Crippen LogP contribution is 2.45. The van der Waals surface area contributed by atoms with Crippen molar-refractivity contribution >= 4 is 59.1 Å². The van der Waals surface area contributed by atoms with E-state index in [0.29, 0.717) is 19.3 Å². The van der Waals surface area contributed by atoms with Crippen LogP contribution in [0.3, 0.4) is 0 Å². The van der Waals surface area contributed by atoms with E-state index in [1.807, 2.05) is 0 Å². The molecule has 6 aliphatic heterocycles. The van der Waals surface area contributed by atoms with Gasteiger partial charge >= 0.3 is 24.1 Å². The number of unbranched alkanes of at least 4 members (excludes halogenated alkanes) is 2. The molecular formula is C69H78N6O28. The fraction of sp³-hybridized carbons (Fsp3) is 0.449. The Morgan fingerprint density at radius 3 is 1.53 bits per heavy atom. The summed E-state index contributed by atoms with van der Waals surface area (Å²) in [5.74, 6) is -3.75. The first-order valence-electron chi connectivity index (χ1n) is 32.5. The van der Waals surface area contributed by atoms with Crippen molar-refractivity contribution in [2.24, 2.45) is 0 Å². The second kappa shape index (κ2) is 32.8. The third-order valence-corrected chi connectivity index (χ3v) is 17.7. The van der Waals surface area contributed by atoms with Gasteiger partial charge in [-0.1, -0.05) is 29.2 Å². The van der Waals surface area contributed by atoms with E-state index in [1.54, 1.807) is 26.2 Å². The third-order valence-electron chi connectivity index (χ3n) is 17.7. The van der Waals surface area contributed by atoms with Gasteiger partial charge in [0.1, 0.15) is 49.1 Å². The molecule has 0 radical (unpaired) electrons. The van der Waals surface area contributed by atoms with Gasteiger partial charge in [0.25, 0.3) is 23.6 Å². The summed E-state index contributed by atoms with van der Waals surface area (Å²) in [5, 5.41) is 100. The van der Waals surface area contributed by atoms with Gasteiger partial charge in [-0.3, -0.25) is 19.2 Å². The number of fused-ring (bicyclic) bond motifs is 4. The lowest BCUT2D eigenvalue weighted by Gasteiger charge is -2.38. The Morgan fingerprint density at radius 2 is 1.06 bits per heavy atom. The zero-order valence-corrected chi connectivity index (χ0v) is 56.3. The molecule has 552 valence electrons. The van der Waals surface area contributed by atoms with E-state index >= 15 is 0 Å². The van der Waals surface area contributed by atoms with E-state index in [1.165, 1.54) is 91.8 Å². The monoisotopic (exact) mass is 1440 g/mol. The molecule has 0 aliphatic carbocycles. The first-order valence-corrected chi connectivity index (χ1v) is 32.5. The van der Waals surface area contributed by atoms with Gasteiger partial charge < -0.3 is 118 Å². The van der Waals surface area contributed by atoms with Gasteiger partial charge in [0.2, 0.25) is 12.6 Å². The van der Waals surface area contributed by atoms with Gasteiger partial charge in [-0.25, -0.2) is 29.0 Å². The summed E-state index contributed by atoms with van der Waals surface area (Å²) in [4.78, 5) is 113. The van der Waals surface area contributed by atoms with Gasteiger partial charge in [-0.15, -0.1) is 6.42 Å². The van der Waals surface area contributed by atoms with E-state index in [0.717, 1.165) is 20.9 Å². The number of carboxylic acids is 2. The Balaban J connectivity index is 0.820. The Labute approximate surface area is 587 Å². The first kappa shape index (κ1) is 75.3. The number of rotatable bonds is 26. The second-order valence-corrected chi connectivity index (χ2v) is 24.8. The lowest BCUT2D eigenvalue weighted by atomic mass is 9.99. The number of anilines is 2. The largest absolute Gasteiger partial charge is 0.493 e. The quantitative estimate of drug-likeness (QED) is 0.0315. The molecule has 2 saturated heterocycles. The van der Waals surface area contributed by atoms with Crippen molar-refractivity contribution < 1.29 is 136 Å². The molecule has 0 saturated carbocycles. The number of carbonyl (C=O) groups excluding carboxylic acids is 6. The number of carbonyl (C=O) groups is 8. The lowest BCUT2D eigenvalue weighted by molar-refractivity contribution is -0.271. The maximum Gasteiger partial charge on any atom is 0.416 e. The van der Waals surface area contributed by atoms with Crippen molar-refractivity contribution in [3.8, 4) is 46.8 Å². The van der Waals surface area contributed by atoms with Crippen molar-refractivity contribution in [3.63, 3.8) is 0 Å². The summed E-state index contributed by atoms with van der Waals surface area (Å²) in [6.07, 6.45) is -12.5. The van der Waals surface area contributed by atoms with Crippen LogP contribution in [-0.4, -0.2) is 238 Å². The van der Waals surface area contributed by atoms with Crippen molar-refractivity contribution in [1.82, 2.24) is 20.4 Å². The summed E-state index contributed by atoms with van der Waals surface area (Å²) < 4.78 is 62.8. The Hall–Kier alpha value is -10.3. The zero-order valence-electron chi connectivity index (χ0n) is 56.3. The van der Waals surface area contributed by atoms with Crippen LogP contribution in [0.4, 0.5) is 21.0 Å². The lowest BCUT2D eigenvalue weighted by Crippen LogP contribution is -2.61. The molecule has 4 unspecified atom stereocenters. The topological polar surface area (TPSA) is 457 Å².